The minimum Gasteiger partial charge on any atom is -0.497 e. The molecule has 0 spiro atoms. The van der Waals surface area contributed by atoms with E-state index in [1.165, 1.54) is 12.1 Å². The van der Waals surface area contributed by atoms with Crippen molar-refractivity contribution >= 4 is 23.3 Å². The molecule has 8 heteroatoms. The van der Waals surface area contributed by atoms with Crippen LogP contribution in [-0.2, 0) is 9.63 Å². The van der Waals surface area contributed by atoms with E-state index in [0.717, 1.165) is 0 Å². The molecule has 0 saturated carbocycles. The van der Waals surface area contributed by atoms with Gasteiger partial charge in [0.2, 0.25) is 5.16 Å². The van der Waals surface area contributed by atoms with Crippen LogP contribution in [0.15, 0.2) is 40.3 Å². The zero-order valence-corrected chi connectivity index (χ0v) is 9.97. The maximum Gasteiger partial charge on any atom is 0.380 e. The van der Waals surface area contributed by atoms with E-state index in [1.54, 1.807) is 24.3 Å². The molecule has 0 aromatic heterocycles. The second-order valence-electron chi connectivity index (χ2n) is 3.24. The number of benzene rings is 1. The lowest BCUT2D eigenvalue weighted by atomic mass is 10.3. The average Bonchev–Trinajstić information content (AvgIpc) is 2.80. The Labute approximate surface area is 107 Å². The highest BCUT2D eigenvalue weighted by atomic mass is 35.5. The molecule has 1 heterocycles. The van der Waals surface area contributed by atoms with Gasteiger partial charge < -0.3 is 9.57 Å². The third kappa shape index (κ3) is 2.13. The van der Waals surface area contributed by atoms with Crippen molar-refractivity contribution in [1.82, 2.24) is 5.59 Å². The van der Waals surface area contributed by atoms with E-state index >= 15 is 0 Å². The first-order valence-corrected chi connectivity index (χ1v) is 5.19. The van der Waals surface area contributed by atoms with Crippen molar-refractivity contribution in [3.05, 3.63) is 40.0 Å². The molecule has 0 bridgehead atoms. The topological polar surface area (TPSA) is 80.2 Å². The van der Waals surface area contributed by atoms with Gasteiger partial charge in [-0.1, -0.05) is 17.2 Å². The fourth-order valence-corrected chi connectivity index (χ4v) is 1.57. The molecule has 1 aliphatic heterocycles. The number of hydrogen-bond acceptors (Lipinski definition) is 7. The maximum absolute atomic E-state index is 11.4. The van der Waals surface area contributed by atoms with Crippen LogP contribution in [0.1, 0.15) is 0 Å². The highest BCUT2D eigenvalue weighted by Crippen LogP contribution is 2.27. The van der Waals surface area contributed by atoms with E-state index < -0.39 is 11.1 Å². The Kier molecular flexibility index (Phi) is 3.45. The zero-order chi connectivity index (χ0) is 13.1. The molecule has 18 heavy (non-hydrogen) atoms. The molecular weight excluding hydrogens is 262 g/mol. The Morgan fingerprint density at radius 3 is 2.67 bits per heavy atom. The number of hydrazine groups is 1. The first kappa shape index (κ1) is 12.3. The van der Waals surface area contributed by atoms with Crippen LogP contribution in [0.2, 0.25) is 0 Å². The number of rotatable bonds is 3. The molecular formula is C10H8ClN3O4. The fraction of sp³-hybridized carbons (Fsp3) is 0.100. The molecule has 7 nitrogen and oxygen atoms in total. The van der Waals surface area contributed by atoms with Crippen molar-refractivity contribution in [2.75, 3.05) is 12.1 Å². The van der Waals surface area contributed by atoms with Crippen LogP contribution in [-0.4, -0.2) is 13.1 Å². The van der Waals surface area contributed by atoms with E-state index in [4.69, 9.17) is 16.3 Å². The smallest absolute Gasteiger partial charge is 0.380 e. The molecule has 1 N–H and O–H groups in total. The van der Waals surface area contributed by atoms with Gasteiger partial charge in [0.1, 0.15) is 5.75 Å². The van der Waals surface area contributed by atoms with Gasteiger partial charge >= 0.3 is 5.97 Å². The Hall–Kier alpha value is -2.12. The van der Waals surface area contributed by atoms with Crippen molar-refractivity contribution in [2.45, 2.75) is 0 Å². The second kappa shape index (κ2) is 5.03. The fourth-order valence-electron chi connectivity index (χ4n) is 1.41. The standard InChI is InChI=1S/C10H8ClN3O4/c1-17-7-4-2-6(3-5-7)14-8(9(11)12-16)10(15)18-13-14/h2-5,13H,1H3. The summed E-state index contributed by atoms with van der Waals surface area (Å²) in [6.07, 6.45) is 0. The van der Waals surface area contributed by atoms with Gasteiger partial charge in [-0.2, -0.15) is 0 Å². The van der Waals surface area contributed by atoms with Crippen molar-refractivity contribution in [2.24, 2.45) is 5.18 Å². The van der Waals surface area contributed by atoms with Gasteiger partial charge in [0.15, 0.2) is 5.70 Å². The number of nitroso groups, excluding NO2 is 1. The van der Waals surface area contributed by atoms with E-state index in [1.807, 2.05) is 0 Å². The maximum atomic E-state index is 11.4. The molecule has 1 aliphatic rings. The third-order valence-corrected chi connectivity index (χ3v) is 2.50. The Bertz CT molecular complexity index is 514. The number of anilines is 1. The normalized spacial score (nSPS) is 17.4. The SMILES string of the molecule is COc1ccc(N2NOC(=O)C2=C(Cl)N=O)cc1. The summed E-state index contributed by atoms with van der Waals surface area (Å²) in [6, 6.07) is 6.67. The number of nitrogens with zero attached hydrogens (tertiary/aromatic N) is 2. The van der Waals surface area contributed by atoms with Crippen molar-refractivity contribution in [1.29, 1.82) is 0 Å². The highest BCUT2D eigenvalue weighted by Gasteiger charge is 2.32. The van der Waals surface area contributed by atoms with Gasteiger partial charge in [0.05, 0.1) is 12.8 Å². The van der Waals surface area contributed by atoms with Crippen LogP contribution in [0.4, 0.5) is 5.69 Å². The number of methoxy groups -OCH3 is 1. The number of carbonyl (C=O) groups is 1. The van der Waals surface area contributed by atoms with Gasteiger partial charge in [-0.25, -0.2) is 9.80 Å². The van der Waals surface area contributed by atoms with Crippen LogP contribution in [0.3, 0.4) is 0 Å². The van der Waals surface area contributed by atoms with Gasteiger partial charge in [-0.05, 0) is 29.4 Å². The summed E-state index contributed by atoms with van der Waals surface area (Å²) in [6.45, 7) is 0. The van der Waals surface area contributed by atoms with Crippen molar-refractivity contribution < 1.29 is 14.4 Å². The highest BCUT2D eigenvalue weighted by molar-refractivity contribution is 6.31. The molecule has 2 rings (SSSR count). The number of halogens is 1. The van der Waals surface area contributed by atoms with Crippen LogP contribution in [0.25, 0.3) is 0 Å². The monoisotopic (exact) mass is 269 g/mol. The average molecular weight is 270 g/mol. The number of hydrogen-bond donors (Lipinski definition) is 1. The lowest BCUT2D eigenvalue weighted by Crippen LogP contribution is -2.28. The molecule has 1 saturated heterocycles. The first-order valence-electron chi connectivity index (χ1n) is 4.81. The minimum atomic E-state index is -0.782. The Morgan fingerprint density at radius 1 is 1.44 bits per heavy atom. The van der Waals surface area contributed by atoms with E-state index in [0.29, 0.717) is 11.4 Å². The van der Waals surface area contributed by atoms with Crippen LogP contribution >= 0.6 is 11.6 Å². The summed E-state index contributed by atoms with van der Waals surface area (Å²) in [5.41, 5.74) is 2.70. The first-order chi connectivity index (χ1) is 8.67. The zero-order valence-electron chi connectivity index (χ0n) is 9.21. The molecule has 0 unspecified atom stereocenters. The summed E-state index contributed by atoms with van der Waals surface area (Å²) in [5.74, 6) is -0.134. The van der Waals surface area contributed by atoms with Crippen LogP contribution in [0, 0.1) is 4.91 Å². The van der Waals surface area contributed by atoms with Gasteiger partial charge in [-0.15, -0.1) is 4.91 Å². The second-order valence-corrected chi connectivity index (χ2v) is 3.60. The van der Waals surface area contributed by atoms with E-state index in [9.17, 15) is 9.70 Å². The Balaban J connectivity index is 2.37. The lowest BCUT2D eigenvalue weighted by Gasteiger charge is -2.15. The summed E-state index contributed by atoms with van der Waals surface area (Å²) in [5, 5.41) is 3.25. The summed E-state index contributed by atoms with van der Waals surface area (Å²) >= 11 is 5.56. The quantitative estimate of drug-likeness (QED) is 0.511. The van der Waals surface area contributed by atoms with Crippen LogP contribution in [0.5, 0.6) is 5.75 Å². The van der Waals surface area contributed by atoms with Crippen molar-refractivity contribution in [3.8, 4) is 5.75 Å². The molecule has 1 aromatic carbocycles. The minimum absolute atomic E-state index is 0.170. The summed E-state index contributed by atoms with van der Waals surface area (Å²) in [4.78, 5) is 26.4. The summed E-state index contributed by atoms with van der Waals surface area (Å²) in [7, 11) is 1.54. The van der Waals surface area contributed by atoms with E-state index in [2.05, 4.69) is 15.6 Å². The third-order valence-electron chi connectivity index (χ3n) is 2.25. The number of nitrogens with one attached hydrogen (secondary N) is 1. The predicted octanol–water partition coefficient (Wildman–Crippen LogP) is 1.65. The predicted molar refractivity (Wildman–Crippen MR) is 63.4 cm³/mol. The van der Waals surface area contributed by atoms with E-state index in [-0.39, 0.29) is 5.70 Å². The van der Waals surface area contributed by atoms with Crippen LogP contribution < -0.4 is 15.3 Å². The molecule has 0 radical (unpaired) electrons. The molecule has 0 aliphatic carbocycles. The summed E-state index contributed by atoms with van der Waals surface area (Å²) < 4.78 is 5.00. The van der Waals surface area contributed by atoms with Gasteiger partial charge in [0.25, 0.3) is 0 Å². The number of carbonyl (C=O) groups excluding carboxylic acids is 1. The molecule has 1 fully saturated rings. The Morgan fingerprint density at radius 2 is 2.11 bits per heavy atom. The number of ether oxygens (including phenoxy) is 1. The lowest BCUT2D eigenvalue weighted by molar-refractivity contribution is -0.140. The molecule has 0 atom stereocenters. The molecule has 1 aromatic rings. The van der Waals surface area contributed by atoms with Gasteiger partial charge in [0, 0.05) is 0 Å². The van der Waals surface area contributed by atoms with Gasteiger partial charge in [-0.3, -0.25) is 0 Å². The molecule has 94 valence electrons. The molecule has 0 amide bonds. The van der Waals surface area contributed by atoms with Crippen molar-refractivity contribution in [3.63, 3.8) is 0 Å². The largest absolute Gasteiger partial charge is 0.497 e.